The molecule has 0 aromatic heterocycles. The van der Waals surface area contributed by atoms with Gasteiger partial charge in [-0.1, -0.05) is 78.9 Å². The van der Waals surface area contributed by atoms with Gasteiger partial charge in [0.2, 0.25) is 17.7 Å². The van der Waals surface area contributed by atoms with Crippen LogP contribution in [-0.2, 0) is 27.2 Å². The van der Waals surface area contributed by atoms with Crippen molar-refractivity contribution in [3.8, 4) is 0 Å². The molecule has 4 rings (SSSR count). The molecule has 2 N–H and O–H groups in total. The van der Waals surface area contributed by atoms with Crippen molar-refractivity contribution >= 4 is 28.5 Å². The van der Waals surface area contributed by atoms with Crippen molar-refractivity contribution in [2.24, 2.45) is 11.7 Å². The van der Waals surface area contributed by atoms with Crippen LogP contribution in [-0.4, -0.2) is 103 Å². The Morgan fingerprint density at radius 1 is 0.872 bits per heavy atom. The molecule has 1 fully saturated rings. The number of rotatable bonds is 13. The molecular weight excluding hydrogens is 586 g/mol. The fourth-order valence-electron chi connectivity index (χ4n) is 6.47. The predicted molar refractivity (Wildman–Crippen MR) is 191 cm³/mol. The van der Waals surface area contributed by atoms with Crippen LogP contribution in [0.4, 0.5) is 0 Å². The summed E-state index contributed by atoms with van der Waals surface area (Å²) in [5, 5.41) is 2.17. The first kappa shape index (κ1) is 35.8. The minimum atomic E-state index is -0.821. The number of nitrogens with zero attached hydrogens (tertiary/aromatic N) is 4. The number of fused-ring (bicyclic) bond motifs is 1. The monoisotopic (exact) mass is 639 g/mol. The van der Waals surface area contributed by atoms with E-state index in [1.807, 2.05) is 79.4 Å². The van der Waals surface area contributed by atoms with E-state index in [-0.39, 0.29) is 17.7 Å². The number of piperidine rings is 1. The number of benzene rings is 3. The van der Waals surface area contributed by atoms with Crippen molar-refractivity contribution in [1.82, 2.24) is 19.6 Å². The molecule has 1 saturated heterocycles. The predicted octanol–water partition coefficient (Wildman–Crippen LogP) is 4.76. The van der Waals surface area contributed by atoms with Gasteiger partial charge in [-0.25, -0.2) is 0 Å². The molecule has 0 radical (unpaired) electrons. The van der Waals surface area contributed by atoms with Gasteiger partial charge in [-0.15, -0.1) is 0 Å². The van der Waals surface area contributed by atoms with Crippen LogP contribution in [0, 0.1) is 5.92 Å². The molecule has 0 unspecified atom stereocenters. The van der Waals surface area contributed by atoms with E-state index in [0.29, 0.717) is 38.3 Å². The maximum atomic E-state index is 14.6. The molecule has 0 bridgehead atoms. The largest absolute Gasteiger partial charge is 0.341 e. The number of nitrogens with two attached hydrogens (primary N) is 1. The number of hydrogen-bond acceptors (Lipinski definition) is 5. The maximum Gasteiger partial charge on any atom is 0.246 e. The Morgan fingerprint density at radius 3 is 2.21 bits per heavy atom. The van der Waals surface area contributed by atoms with E-state index < -0.39 is 17.6 Å². The van der Waals surface area contributed by atoms with E-state index in [4.69, 9.17) is 5.73 Å². The number of carbonyl (C=O) groups is 3. The first-order chi connectivity index (χ1) is 22.3. The zero-order valence-corrected chi connectivity index (χ0v) is 29.1. The molecule has 3 atom stereocenters. The Kier molecular flexibility index (Phi) is 12.4. The summed E-state index contributed by atoms with van der Waals surface area (Å²) in [6.45, 7) is 6.07. The molecule has 47 heavy (non-hydrogen) atoms. The third-order valence-corrected chi connectivity index (χ3v) is 9.07. The second kappa shape index (κ2) is 16.2. The fraction of sp³-hybridized carbons (Fsp3) is 0.462. The molecule has 0 saturated carbocycles. The highest BCUT2D eigenvalue weighted by molar-refractivity contribution is 5.95. The van der Waals surface area contributed by atoms with Gasteiger partial charge in [0.05, 0.1) is 0 Å². The summed E-state index contributed by atoms with van der Waals surface area (Å²) in [5.74, 6) is -0.208. The van der Waals surface area contributed by atoms with Gasteiger partial charge in [-0.05, 0) is 81.1 Å². The average Bonchev–Trinajstić information content (AvgIpc) is 3.04. The molecule has 1 heterocycles. The molecule has 1 aliphatic rings. The molecular formula is C39H53N5O3. The minimum absolute atomic E-state index is 0.0448. The highest BCUT2D eigenvalue weighted by atomic mass is 16.2. The van der Waals surface area contributed by atoms with Crippen molar-refractivity contribution in [2.45, 2.75) is 63.6 Å². The van der Waals surface area contributed by atoms with E-state index in [1.165, 1.54) is 11.0 Å². The van der Waals surface area contributed by atoms with E-state index in [0.717, 1.165) is 41.3 Å². The van der Waals surface area contributed by atoms with E-state index in [1.54, 1.807) is 25.1 Å². The molecule has 3 amide bonds. The Labute approximate surface area is 281 Å². The van der Waals surface area contributed by atoms with Crippen LogP contribution in [0.5, 0.6) is 0 Å². The number of likely N-dealkylation sites (tertiary alicyclic amines) is 1. The van der Waals surface area contributed by atoms with Gasteiger partial charge in [0.25, 0.3) is 0 Å². The number of likely N-dealkylation sites (N-methyl/N-ethyl adjacent to an activating group) is 2. The van der Waals surface area contributed by atoms with Crippen molar-refractivity contribution in [1.29, 1.82) is 0 Å². The van der Waals surface area contributed by atoms with Crippen LogP contribution >= 0.6 is 0 Å². The van der Waals surface area contributed by atoms with Crippen molar-refractivity contribution in [3.63, 3.8) is 0 Å². The number of amides is 3. The lowest BCUT2D eigenvalue weighted by molar-refractivity contribution is -0.150. The third kappa shape index (κ3) is 10.2. The van der Waals surface area contributed by atoms with Gasteiger partial charge in [0, 0.05) is 52.1 Å². The Bertz CT molecular complexity index is 1530. The summed E-state index contributed by atoms with van der Waals surface area (Å²) < 4.78 is 0. The van der Waals surface area contributed by atoms with Gasteiger partial charge < -0.3 is 25.3 Å². The molecule has 0 spiro atoms. The Hall–Kier alpha value is -4.01. The molecule has 1 aliphatic heterocycles. The molecule has 3 aromatic rings. The number of hydrogen-bond donors (Lipinski definition) is 1. The van der Waals surface area contributed by atoms with Crippen molar-refractivity contribution in [2.75, 3.05) is 47.8 Å². The zero-order valence-electron chi connectivity index (χ0n) is 29.1. The van der Waals surface area contributed by atoms with Gasteiger partial charge in [0.1, 0.15) is 12.1 Å². The maximum absolute atomic E-state index is 14.6. The SMILES string of the molecule is CN(C)C[C@@H]1CCCN(C(=O)[C@@H](Cc2ccccc2)N(C)C(=O)[C@@H](Cc2ccc3ccccc3c2)N(C)C(=O)/C=C/CC(C)(C)N)C1. The summed E-state index contributed by atoms with van der Waals surface area (Å²) in [6, 6.07) is 22.5. The van der Waals surface area contributed by atoms with Crippen LogP contribution in [0.3, 0.4) is 0 Å². The highest BCUT2D eigenvalue weighted by Crippen LogP contribution is 2.23. The van der Waals surface area contributed by atoms with E-state index in [2.05, 4.69) is 31.1 Å². The zero-order chi connectivity index (χ0) is 34.1. The van der Waals surface area contributed by atoms with Crippen LogP contribution in [0.2, 0.25) is 0 Å². The smallest absolute Gasteiger partial charge is 0.246 e. The lowest BCUT2D eigenvalue weighted by Gasteiger charge is -2.39. The van der Waals surface area contributed by atoms with E-state index in [9.17, 15) is 14.4 Å². The van der Waals surface area contributed by atoms with E-state index >= 15 is 0 Å². The van der Waals surface area contributed by atoms with Gasteiger partial charge in [-0.3, -0.25) is 14.4 Å². The second-order valence-electron chi connectivity index (χ2n) is 14.2. The van der Waals surface area contributed by atoms with Crippen LogP contribution in [0.25, 0.3) is 10.8 Å². The Morgan fingerprint density at radius 2 is 1.53 bits per heavy atom. The first-order valence-corrected chi connectivity index (χ1v) is 16.8. The third-order valence-electron chi connectivity index (χ3n) is 9.07. The molecule has 3 aromatic carbocycles. The van der Waals surface area contributed by atoms with Crippen LogP contribution < -0.4 is 5.73 Å². The summed E-state index contributed by atoms with van der Waals surface area (Å²) in [4.78, 5) is 49.7. The first-order valence-electron chi connectivity index (χ1n) is 16.8. The molecule has 8 heteroatoms. The molecule has 252 valence electrons. The molecule has 0 aliphatic carbocycles. The summed E-state index contributed by atoms with van der Waals surface area (Å²) in [5.41, 5.74) is 7.60. The summed E-state index contributed by atoms with van der Waals surface area (Å²) in [7, 11) is 7.51. The van der Waals surface area contributed by atoms with Crippen molar-refractivity contribution in [3.05, 3.63) is 96.1 Å². The standard InChI is InChI=1S/C39H53N5O3/c1-39(2,40)22-12-19-36(45)42(5)34(26-30-20-21-32-17-10-11-18-33(32)24-30)37(46)43(6)35(25-29-14-8-7-9-15-29)38(47)44-23-13-16-31(28-44)27-41(3)4/h7-12,14-15,17-21,24,31,34-35H,13,16,22-23,25-28,40H2,1-6H3/b19-12+/t31-,34+,35+/m0/s1. The quantitative estimate of drug-likeness (QED) is 0.273. The van der Waals surface area contributed by atoms with Crippen LogP contribution in [0.15, 0.2) is 84.9 Å². The lowest BCUT2D eigenvalue weighted by Crippen LogP contribution is -2.57. The Balaban J connectivity index is 1.66. The van der Waals surface area contributed by atoms with Gasteiger partial charge in [0.15, 0.2) is 0 Å². The lowest BCUT2D eigenvalue weighted by atomic mass is 9.95. The summed E-state index contributed by atoms with van der Waals surface area (Å²) >= 11 is 0. The number of carbonyl (C=O) groups excluding carboxylic acids is 3. The highest BCUT2D eigenvalue weighted by Gasteiger charge is 2.37. The van der Waals surface area contributed by atoms with Crippen molar-refractivity contribution < 1.29 is 14.4 Å². The summed E-state index contributed by atoms with van der Waals surface area (Å²) in [6.07, 6.45) is 6.51. The van der Waals surface area contributed by atoms with Crippen LogP contribution in [0.1, 0.15) is 44.2 Å². The van der Waals surface area contributed by atoms with Gasteiger partial charge >= 0.3 is 0 Å². The normalized spacial score (nSPS) is 16.8. The second-order valence-corrected chi connectivity index (χ2v) is 14.2. The fourth-order valence-corrected chi connectivity index (χ4v) is 6.47. The minimum Gasteiger partial charge on any atom is -0.341 e. The average molecular weight is 640 g/mol. The molecule has 8 nitrogen and oxygen atoms in total. The van der Waals surface area contributed by atoms with Gasteiger partial charge in [-0.2, -0.15) is 0 Å². The topological polar surface area (TPSA) is 90.2 Å².